The normalized spacial score (nSPS) is 26.2. The molecule has 2 aliphatic rings. The van der Waals surface area contributed by atoms with Crippen LogP contribution in [0.15, 0.2) is 24.4 Å². The average Bonchev–Trinajstić information content (AvgIpc) is 3.13. The minimum atomic E-state index is -0.901. The summed E-state index contributed by atoms with van der Waals surface area (Å²) in [5, 5.41) is 13.7. The molecule has 2 aromatic rings. The number of hydrogen-bond acceptors (Lipinski definition) is 5. The maximum absolute atomic E-state index is 13.1. The second-order valence-corrected chi connectivity index (χ2v) is 9.08. The molecule has 1 saturated heterocycles. The van der Waals surface area contributed by atoms with Crippen LogP contribution < -0.4 is 10.6 Å². The highest BCUT2D eigenvalue weighted by Crippen LogP contribution is 2.46. The average molecular weight is 398 g/mol. The van der Waals surface area contributed by atoms with Crippen molar-refractivity contribution in [3.63, 3.8) is 0 Å². The van der Waals surface area contributed by atoms with Gasteiger partial charge in [0.05, 0.1) is 6.54 Å². The van der Waals surface area contributed by atoms with Gasteiger partial charge in [-0.15, -0.1) is 10.2 Å². The molecule has 3 heterocycles. The van der Waals surface area contributed by atoms with E-state index in [1.165, 1.54) is 0 Å². The molecule has 4 amide bonds. The van der Waals surface area contributed by atoms with Crippen molar-refractivity contribution in [2.75, 3.05) is 6.54 Å². The first kappa shape index (κ1) is 19.4. The maximum atomic E-state index is 13.1. The molecule has 0 bridgehead atoms. The molecule has 4 rings (SSSR count). The predicted octanol–water partition coefficient (Wildman–Crippen LogP) is 1.48. The number of urea groups is 1. The number of amides is 4. The van der Waals surface area contributed by atoms with Crippen LogP contribution in [0.25, 0.3) is 5.65 Å². The lowest BCUT2D eigenvalue weighted by Gasteiger charge is -2.43. The summed E-state index contributed by atoms with van der Waals surface area (Å²) in [5.74, 6) is 0.176. The largest absolute Gasteiger partial charge is 0.347 e. The Morgan fingerprint density at radius 3 is 2.83 bits per heavy atom. The van der Waals surface area contributed by atoms with Crippen LogP contribution in [0.4, 0.5) is 4.79 Å². The highest BCUT2D eigenvalue weighted by atomic mass is 16.2. The van der Waals surface area contributed by atoms with E-state index in [1.54, 1.807) is 4.40 Å². The quantitative estimate of drug-likeness (QED) is 0.759. The molecule has 154 valence electrons. The number of rotatable bonds is 4. The molecule has 2 fully saturated rings. The first-order valence-corrected chi connectivity index (χ1v) is 9.89. The van der Waals surface area contributed by atoms with Gasteiger partial charge in [-0.2, -0.15) is 0 Å². The third-order valence-electron chi connectivity index (χ3n) is 5.75. The molecule has 9 heteroatoms. The van der Waals surface area contributed by atoms with E-state index >= 15 is 0 Å². The SMILES string of the molecule is C[C@H]1CC(C)(C)C[C@@]2(C1)NC(=O)N(CC(=O)NCc1nnc3ccccn13)C2=O. The van der Waals surface area contributed by atoms with Crippen molar-refractivity contribution in [1.29, 1.82) is 0 Å². The number of carbonyl (C=O) groups excluding carboxylic acids is 3. The lowest BCUT2D eigenvalue weighted by molar-refractivity contribution is -0.137. The van der Waals surface area contributed by atoms with Crippen LogP contribution >= 0.6 is 0 Å². The van der Waals surface area contributed by atoms with Crippen LogP contribution in [0.5, 0.6) is 0 Å². The summed E-state index contributed by atoms with van der Waals surface area (Å²) in [6.07, 6.45) is 4.00. The van der Waals surface area contributed by atoms with Gasteiger partial charge in [0.25, 0.3) is 5.91 Å². The number of aromatic nitrogens is 3. The summed E-state index contributed by atoms with van der Waals surface area (Å²) in [4.78, 5) is 39.1. The third kappa shape index (κ3) is 3.56. The molecule has 1 aliphatic heterocycles. The van der Waals surface area contributed by atoms with E-state index in [-0.39, 0.29) is 24.4 Å². The molecule has 1 saturated carbocycles. The van der Waals surface area contributed by atoms with Crippen molar-refractivity contribution in [3.05, 3.63) is 30.2 Å². The molecule has 0 aromatic carbocycles. The van der Waals surface area contributed by atoms with Crippen molar-refractivity contribution in [2.24, 2.45) is 11.3 Å². The Morgan fingerprint density at radius 2 is 2.07 bits per heavy atom. The summed E-state index contributed by atoms with van der Waals surface area (Å²) >= 11 is 0. The number of nitrogens with one attached hydrogen (secondary N) is 2. The van der Waals surface area contributed by atoms with E-state index in [0.717, 1.165) is 11.3 Å². The molecule has 1 aliphatic carbocycles. The number of pyridine rings is 1. The fraction of sp³-hybridized carbons (Fsp3) is 0.550. The van der Waals surface area contributed by atoms with E-state index in [2.05, 4.69) is 41.6 Å². The Morgan fingerprint density at radius 1 is 1.28 bits per heavy atom. The molecule has 2 atom stereocenters. The number of hydrogen-bond donors (Lipinski definition) is 2. The highest BCUT2D eigenvalue weighted by molar-refractivity contribution is 6.09. The number of fused-ring (bicyclic) bond motifs is 1. The molecular formula is C20H26N6O3. The van der Waals surface area contributed by atoms with Crippen LogP contribution in [0.1, 0.15) is 45.9 Å². The monoisotopic (exact) mass is 398 g/mol. The highest BCUT2D eigenvalue weighted by Gasteiger charge is 2.56. The topological polar surface area (TPSA) is 109 Å². The molecule has 2 N–H and O–H groups in total. The van der Waals surface area contributed by atoms with Gasteiger partial charge in [0.1, 0.15) is 12.1 Å². The standard InChI is InChI=1S/C20H26N6O3/c1-13-8-19(2,3)12-20(9-13)17(28)26(18(29)22-20)11-16(27)21-10-15-24-23-14-6-4-5-7-25(14)15/h4-7,13H,8-12H2,1-3H3,(H,21,27)(H,22,29)/t13-,20+/m0/s1. The van der Waals surface area contributed by atoms with Gasteiger partial charge in [-0.05, 0) is 42.7 Å². The molecular weight excluding hydrogens is 372 g/mol. The van der Waals surface area contributed by atoms with E-state index < -0.39 is 17.5 Å². The predicted molar refractivity (Wildman–Crippen MR) is 105 cm³/mol. The lowest BCUT2D eigenvalue weighted by Crippen LogP contribution is -2.54. The fourth-order valence-electron chi connectivity index (χ4n) is 5.04. The minimum Gasteiger partial charge on any atom is -0.347 e. The smallest absolute Gasteiger partial charge is 0.325 e. The summed E-state index contributed by atoms with van der Waals surface area (Å²) < 4.78 is 1.77. The van der Waals surface area contributed by atoms with Crippen molar-refractivity contribution in [3.8, 4) is 0 Å². The summed E-state index contributed by atoms with van der Waals surface area (Å²) in [7, 11) is 0. The van der Waals surface area contributed by atoms with Crippen LogP contribution in [0, 0.1) is 11.3 Å². The Labute approximate surface area is 168 Å². The molecule has 2 aromatic heterocycles. The molecule has 0 radical (unpaired) electrons. The number of carbonyl (C=O) groups is 3. The van der Waals surface area contributed by atoms with E-state index in [0.29, 0.717) is 30.2 Å². The van der Waals surface area contributed by atoms with E-state index in [9.17, 15) is 14.4 Å². The Hall–Kier alpha value is -2.97. The van der Waals surface area contributed by atoms with Gasteiger partial charge in [-0.25, -0.2) is 4.79 Å². The van der Waals surface area contributed by atoms with Gasteiger partial charge in [0.15, 0.2) is 11.5 Å². The zero-order chi connectivity index (χ0) is 20.8. The van der Waals surface area contributed by atoms with Gasteiger partial charge in [-0.1, -0.05) is 26.8 Å². The van der Waals surface area contributed by atoms with Crippen LogP contribution in [-0.4, -0.2) is 49.4 Å². The maximum Gasteiger partial charge on any atom is 0.325 e. The molecule has 1 spiro atoms. The Balaban J connectivity index is 1.42. The van der Waals surface area contributed by atoms with Gasteiger partial charge in [0.2, 0.25) is 5.91 Å². The Kier molecular flexibility index (Phi) is 4.55. The van der Waals surface area contributed by atoms with Crippen molar-refractivity contribution in [1.82, 2.24) is 30.1 Å². The van der Waals surface area contributed by atoms with Crippen LogP contribution in [0.2, 0.25) is 0 Å². The summed E-state index contributed by atoms with van der Waals surface area (Å²) in [5.41, 5.74) is -0.267. The zero-order valence-electron chi connectivity index (χ0n) is 16.9. The van der Waals surface area contributed by atoms with Crippen molar-refractivity contribution in [2.45, 2.75) is 52.1 Å². The number of imide groups is 1. The van der Waals surface area contributed by atoms with Gasteiger partial charge in [-0.3, -0.25) is 18.9 Å². The molecule has 29 heavy (non-hydrogen) atoms. The second-order valence-electron chi connectivity index (χ2n) is 9.08. The lowest BCUT2D eigenvalue weighted by atomic mass is 9.64. The zero-order valence-corrected chi connectivity index (χ0v) is 16.9. The van der Waals surface area contributed by atoms with Gasteiger partial charge in [0, 0.05) is 6.20 Å². The number of nitrogens with zero attached hydrogens (tertiary/aromatic N) is 4. The third-order valence-corrected chi connectivity index (χ3v) is 5.75. The van der Waals surface area contributed by atoms with Crippen LogP contribution in [0.3, 0.4) is 0 Å². The molecule has 0 unspecified atom stereocenters. The van der Waals surface area contributed by atoms with Crippen molar-refractivity contribution < 1.29 is 14.4 Å². The summed E-state index contributed by atoms with van der Waals surface area (Å²) in [6, 6.07) is 5.02. The first-order chi connectivity index (χ1) is 13.7. The van der Waals surface area contributed by atoms with E-state index in [4.69, 9.17) is 0 Å². The minimum absolute atomic E-state index is 0.0480. The summed E-state index contributed by atoms with van der Waals surface area (Å²) in [6.45, 7) is 6.17. The Bertz CT molecular complexity index is 984. The first-order valence-electron chi connectivity index (χ1n) is 9.89. The van der Waals surface area contributed by atoms with Crippen molar-refractivity contribution >= 4 is 23.5 Å². The van der Waals surface area contributed by atoms with E-state index in [1.807, 2.05) is 24.4 Å². The fourth-order valence-corrected chi connectivity index (χ4v) is 5.04. The van der Waals surface area contributed by atoms with Gasteiger partial charge < -0.3 is 10.6 Å². The van der Waals surface area contributed by atoms with Crippen LogP contribution in [-0.2, 0) is 16.1 Å². The second kappa shape index (κ2) is 6.82. The van der Waals surface area contributed by atoms with Gasteiger partial charge >= 0.3 is 6.03 Å². The molecule has 9 nitrogen and oxygen atoms in total.